The van der Waals surface area contributed by atoms with E-state index in [1.807, 2.05) is 13.8 Å². The first-order valence-electron chi connectivity index (χ1n) is 4.50. The molecule has 0 unspecified atom stereocenters. The molecule has 0 saturated heterocycles. The Kier molecular flexibility index (Phi) is 7.96. The van der Waals surface area contributed by atoms with E-state index in [0.717, 1.165) is 25.9 Å². The molecule has 0 rings (SSSR count). The van der Waals surface area contributed by atoms with Gasteiger partial charge in [0.2, 0.25) is 0 Å². The molecule has 0 spiro atoms. The maximum absolute atomic E-state index is 8.48. The summed E-state index contributed by atoms with van der Waals surface area (Å²) in [6.45, 7) is 5.29. The molecule has 68 valence electrons. The molecule has 0 fully saturated rings. The van der Waals surface area contributed by atoms with Crippen LogP contribution in [0.25, 0.3) is 0 Å². The molecule has 0 aromatic carbocycles. The van der Waals surface area contributed by atoms with Crippen molar-refractivity contribution in [3.8, 4) is 0 Å². The Labute approximate surface area is 69.6 Å². The zero-order valence-corrected chi connectivity index (χ0v) is 7.68. The SMILES string of the molecule is CC(C)OCCCCCCO. The second-order valence-electron chi connectivity index (χ2n) is 3.06. The molecule has 0 bridgehead atoms. The largest absolute Gasteiger partial charge is 0.396 e. The van der Waals surface area contributed by atoms with Crippen molar-refractivity contribution in [1.29, 1.82) is 0 Å². The first-order valence-corrected chi connectivity index (χ1v) is 4.50. The summed E-state index contributed by atoms with van der Waals surface area (Å²) in [6, 6.07) is 0. The fourth-order valence-electron chi connectivity index (χ4n) is 0.886. The zero-order valence-electron chi connectivity index (χ0n) is 7.68. The topological polar surface area (TPSA) is 29.5 Å². The van der Waals surface area contributed by atoms with Crippen LogP contribution in [0, 0.1) is 0 Å². The third kappa shape index (κ3) is 9.92. The van der Waals surface area contributed by atoms with Crippen LogP contribution < -0.4 is 0 Å². The lowest BCUT2D eigenvalue weighted by atomic mass is 10.2. The second-order valence-corrected chi connectivity index (χ2v) is 3.06. The van der Waals surface area contributed by atoms with Crippen LogP contribution in [0.15, 0.2) is 0 Å². The lowest BCUT2D eigenvalue weighted by Crippen LogP contribution is -2.03. The molecule has 0 aliphatic heterocycles. The summed E-state index contributed by atoms with van der Waals surface area (Å²) in [5.41, 5.74) is 0. The third-order valence-electron chi connectivity index (χ3n) is 1.50. The second kappa shape index (κ2) is 8.02. The smallest absolute Gasteiger partial charge is 0.0518 e. The Bertz CT molecular complexity index is 72.0. The Morgan fingerprint density at radius 3 is 2.27 bits per heavy atom. The van der Waals surface area contributed by atoms with Gasteiger partial charge in [0.05, 0.1) is 6.10 Å². The van der Waals surface area contributed by atoms with Crippen LogP contribution in [0.2, 0.25) is 0 Å². The van der Waals surface area contributed by atoms with E-state index in [4.69, 9.17) is 9.84 Å². The van der Waals surface area contributed by atoms with Crippen molar-refractivity contribution in [1.82, 2.24) is 0 Å². The van der Waals surface area contributed by atoms with Gasteiger partial charge in [0, 0.05) is 13.2 Å². The molecule has 0 atom stereocenters. The van der Waals surface area contributed by atoms with Gasteiger partial charge in [0.15, 0.2) is 0 Å². The Morgan fingerprint density at radius 1 is 1.09 bits per heavy atom. The molecule has 11 heavy (non-hydrogen) atoms. The molecule has 0 aliphatic carbocycles. The zero-order chi connectivity index (χ0) is 8.53. The van der Waals surface area contributed by atoms with Crippen molar-refractivity contribution in [2.45, 2.75) is 45.6 Å². The van der Waals surface area contributed by atoms with Crippen molar-refractivity contribution in [2.75, 3.05) is 13.2 Å². The van der Waals surface area contributed by atoms with Crippen LogP contribution in [-0.2, 0) is 4.74 Å². The van der Waals surface area contributed by atoms with Gasteiger partial charge in [0.25, 0.3) is 0 Å². The van der Waals surface area contributed by atoms with E-state index in [0.29, 0.717) is 12.7 Å². The number of aliphatic hydroxyl groups is 1. The predicted octanol–water partition coefficient (Wildman–Crippen LogP) is 1.96. The number of ether oxygens (including phenoxy) is 1. The van der Waals surface area contributed by atoms with Crippen LogP contribution in [-0.4, -0.2) is 24.4 Å². The van der Waals surface area contributed by atoms with Gasteiger partial charge in [-0.3, -0.25) is 0 Å². The fourth-order valence-corrected chi connectivity index (χ4v) is 0.886. The third-order valence-corrected chi connectivity index (χ3v) is 1.50. The molecule has 0 aliphatic rings. The monoisotopic (exact) mass is 160 g/mol. The van der Waals surface area contributed by atoms with Crippen molar-refractivity contribution >= 4 is 0 Å². The quantitative estimate of drug-likeness (QED) is 0.577. The normalized spacial score (nSPS) is 10.9. The molecule has 0 amide bonds. The Hall–Kier alpha value is -0.0800. The summed E-state index contributed by atoms with van der Waals surface area (Å²) >= 11 is 0. The molecule has 0 heterocycles. The minimum Gasteiger partial charge on any atom is -0.396 e. The highest BCUT2D eigenvalue weighted by molar-refractivity contribution is 4.43. The number of hydrogen-bond donors (Lipinski definition) is 1. The summed E-state index contributed by atoms with van der Waals surface area (Å²) < 4.78 is 5.36. The van der Waals surface area contributed by atoms with Crippen LogP contribution >= 0.6 is 0 Å². The predicted molar refractivity (Wildman–Crippen MR) is 46.6 cm³/mol. The summed E-state index contributed by atoms with van der Waals surface area (Å²) in [5, 5.41) is 8.48. The Balaban J connectivity index is 2.80. The van der Waals surface area contributed by atoms with Gasteiger partial charge >= 0.3 is 0 Å². The average Bonchev–Trinajstić information content (AvgIpc) is 1.96. The van der Waals surface area contributed by atoms with Crippen molar-refractivity contribution in [3.63, 3.8) is 0 Å². The van der Waals surface area contributed by atoms with Crippen molar-refractivity contribution in [3.05, 3.63) is 0 Å². The average molecular weight is 160 g/mol. The summed E-state index contributed by atoms with van der Waals surface area (Å²) in [5.74, 6) is 0. The summed E-state index contributed by atoms with van der Waals surface area (Å²) in [6.07, 6.45) is 4.71. The highest BCUT2D eigenvalue weighted by Gasteiger charge is 1.92. The first-order chi connectivity index (χ1) is 5.27. The lowest BCUT2D eigenvalue weighted by molar-refractivity contribution is 0.0754. The van der Waals surface area contributed by atoms with Gasteiger partial charge in [-0.05, 0) is 26.7 Å². The van der Waals surface area contributed by atoms with Crippen LogP contribution in [0.3, 0.4) is 0 Å². The van der Waals surface area contributed by atoms with Crippen LogP contribution in [0.1, 0.15) is 39.5 Å². The van der Waals surface area contributed by atoms with Gasteiger partial charge in [-0.15, -0.1) is 0 Å². The molecule has 2 nitrogen and oxygen atoms in total. The number of rotatable bonds is 7. The number of unbranched alkanes of at least 4 members (excludes halogenated alkanes) is 3. The maximum Gasteiger partial charge on any atom is 0.0518 e. The van der Waals surface area contributed by atoms with E-state index in [1.54, 1.807) is 0 Å². The van der Waals surface area contributed by atoms with E-state index < -0.39 is 0 Å². The lowest BCUT2D eigenvalue weighted by Gasteiger charge is -2.06. The molecule has 0 aromatic heterocycles. The van der Waals surface area contributed by atoms with Crippen molar-refractivity contribution in [2.24, 2.45) is 0 Å². The molecular formula is C9H20O2. The molecule has 0 saturated carbocycles. The molecule has 1 N–H and O–H groups in total. The highest BCUT2D eigenvalue weighted by Crippen LogP contribution is 2.00. The van der Waals surface area contributed by atoms with Gasteiger partial charge in [-0.25, -0.2) is 0 Å². The van der Waals surface area contributed by atoms with E-state index in [1.165, 1.54) is 6.42 Å². The minimum absolute atomic E-state index is 0.324. The van der Waals surface area contributed by atoms with E-state index in [-0.39, 0.29) is 0 Å². The van der Waals surface area contributed by atoms with Crippen LogP contribution in [0.4, 0.5) is 0 Å². The van der Waals surface area contributed by atoms with E-state index in [9.17, 15) is 0 Å². The summed E-state index contributed by atoms with van der Waals surface area (Å²) in [4.78, 5) is 0. The first kappa shape index (κ1) is 10.9. The van der Waals surface area contributed by atoms with E-state index >= 15 is 0 Å². The molecule has 0 aromatic rings. The molecule has 0 radical (unpaired) electrons. The standard InChI is InChI=1S/C9H20O2/c1-9(2)11-8-6-4-3-5-7-10/h9-10H,3-8H2,1-2H3. The van der Waals surface area contributed by atoms with Gasteiger partial charge in [-0.2, -0.15) is 0 Å². The maximum atomic E-state index is 8.48. The van der Waals surface area contributed by atoms with Gasteiger partial charge < -0.3 is 9.84 Å². The van der Waals surface area contributed by atoms with Gasteiger partial charge in [0.1, 0.15) is 0 Å². The highest BCUT2D eigenvalue weighted by atomic mass is 16.5. The van der Waals surface area contributed by atoms with Crippen molar-refractivity contribution < 1.29 is 9.84 Å². The fraction of sp³-hybridized carbons (Fsp3) is 1.00. The number of aliphatic hydroxyl groups excluding tert-OH is 1. The minimum atomic E-state index is 0.324. The Morgan fingerprint density at radius 2 is 1.73 bits per heavy atom. The van der Waals surface area contributed by atoms with E-state index in [2.05, 4.69) is 0 Å². The molecular weight excluding hydrogens is 140 g/mol. The number of hydrogen-bond acceptors (Lipinski definition) is 2. The van der Waals surface area contributed by atoms with Crippen LogP contribution in [0.5, 0.6) is 0 Å². The molecule has 2 heteroatoms. The van der Waals surface area contributed by atoms with Gasteiger partial charge in [-0.1, -0.05) is 12.8 Å². The summed E-state index contributed by atoms with van der Waals surface area (Å²) in [7, 11) is 0.